The average Bonchev–Trinajstić information content (AvgIpc) is 2.70. The van der Waals surface area contributed by atoms with E-state index in [1.54, 1.807) is 22.9 Å². The van der Waals surface area contributed by atoms with Crippen LogP contribution in [0.3, 0.4) is 0 Å². The lowest BCUT2D eigenvalue weighted by Crippen LogP contribution is -2.09. The van der Waals surface area contributed by atoms with Crippen LogP contribution in [0.5, 0.6) is 0 Å². The first-order valence-electron chi connectivity index (χ1n) is 5.31. The Morgan fingerprint density at radius 3 is 2.82 bits per heavy atom. The van der Waals surface area contributed by atoms with E-state index in [1.807, 2.05) is 25.1 Å². The Labute approximate surface area is 99.3 Å². The molecule has 0 atom stereocenters. The number of rotatable bonds is 3. The van der Waals surface area contributed by atoms with Crippen molar-refractivity contribution in [3.8, 4) is 0 Å². The van der Waals surface area contributed by atoms with Crippen LogP contribution in [0.1, 0.15) is 21.6 Å². The Balaban J connectivity index is 2.31. The van der Waals surface area contributed by atoms with E-state index >= 15 is 0 Å². The fourth-order valence-electron chi connectivity index (χ4n) is 1.79. The second-order valence-corrected chi connectivity index (χ2v) is 4.03. The van der Waals surface area contributed by atoms with Gasteiger partial charge in [0.15, 0.2) is 0 Å². The number of nitrogen functional groups attached to an aromatic ring is 1. The monoisotopic (exact) mass is 230 g/mol. The summed E-state index contributed by atoms with van der Waals surface area (Å²) in [6, 6.07) is 9.08. The Morgan fingerprint density at radius 2 is 2.18 bits per heavy atom. The lowest BCUT2D eigenvalue weighted by molar-refractivity contribution is 0.0685. The SMILES string of the molecule is Cc1ccc(Cn2cccc2C(=O)O)c(N)c1. The topological polar surface area (TPSA) is 68.2 Å². The molecule has 88 valence electrons. The number of carboxylic acids is 1. The first kappa shape index (κ1) is 11.3. The number of aromatic nitrogens is 1. The van der Waals surface area contributed by atoms with Crippen molar-refractivity contribution in [2.75, 3.05) is 5.73 Å². The molecule has 0 bridgehead atoms. The number of nitrogens with zero attached hydrogens (tertiary/aromatic N) is 1. The maximum Gasteiger partial charge on any atom is 0.352 e. The summed E-state index contributed by atoms with van der Waals surface area (Å²) in [6.07, 6.45) is 1.74. The van der Waals surface area contributed by atoms with E-state index < -0.39 is 5.97 Å². The summed E-state index contributed by atoms with van der Waals surface area (Å²) >= 11 is 0. The Kier molecular flexibility index (Phi) is 2.87. The van der Waals surface area contributed by atoms with Gasteiger partial charge in [0.05, 0.1) is 0 Å². The third-order valence-corrected chi connectivity index (χ3v) is 2.69. The van der Waals surface area contributed by atoms with E-state index in [0.29, 0.717) is 12.2 Å². The largest absolute Gasteiger partial charge is 0.477 e. The predicted molar refractivity (Wildman–Crippen MR) is 66.1 cm³/mol. The van der Waals surface area contributed by atoms with E-state index in [1.165, 1.54) is 0 Å². The fraction of sp³-hybridized carbons (Fsp3) is 0.154. The molecule has 0 amide bonds. The van der Waals surface area contributed by atoms with Gasteiger partial charge in [0.1, 0.15) is 5.69 Å². The van der Waals surface area contributed by atoms with Crippen molar-refractivity contribution in [2.24, 2.45) is 0 Å². The van der Waals surface area contributed by atoms with Crippen LogP contribution in [-0.4, -0.2) is 15.6 Å². The Morgan fingerprint density at radius 1 is 1.41 bits per heavy atom. The minimum Gasteiger partial charge on any atom is -0.477 e. The van der Waals surface area contributed by atoms with Gasteiger partial charge in [0.2, 0.25) is 0 Å². The number of nitrogens with two attached hydrogens (primary N) is 1. The zero-order valence-corrected chi connectivity index (χ0v) is 9.55. The van der Waals surface area contributed by atoms with Crippen LogP contribution >= 0.6 is 0 Å². The van der Waals surface area contributed by atoms with Crippen LogP contribution in [0.4, 0.5) is 5.69 Å². The molecule has 0 spiro atoms. The van der Waals surface area contributed by atoms with Gasteiger partial charge in [0.25, 0.3) is 0 Å². The molecule has 4 heteroatoms. The minimum absolute atomic E-state index is 0.268. The summed E-state index contributed by atoms with van der Waals surface area (Å²) in [5.74, 6) is -0.930. The molecule has 17 heavy (non-hydrogen) atoms. The number of hydrogen-bond donors (Lipinski definition) is 2. The van der Waals surface area contributed by atoms with Crippen molar-refractivity contribution in [1.29, 1.82) is 0 Å². The second kappa shape index (κ2) is 4.33. The summed E-state index contributed by atoms with van der Waals surface area (Å²) in [5, 5.41) is 8.99. The van der Waals surface area contributed by atoms with Gasteiger partial charge < -0.3 is 15.4 Å². The summed E-state index contributed by atoms with van der Waals surface area (Å²) in [4.78, 5) is 11.0. The van der Waals surface area contributed by atoms with Crippen LogP contribution in [0, 0.1) is 6.92 Å². The van der Waals surface area contributed by atoms with Crippen LogP contribution in [0.25, 0.3) is 0 Å². The summed E-state index contributed by atoms with van der Waals surface area (Å²) in [6.45, 7) is 2.44. The number of anilines is 1. The zero-order chi connectivity index (χ0) is 12.4. The molecule has 0 radical (unpaired) electrons. The highest BCUT2D eigenvalue weighted by atomic mass is 16.4. The highest BCUT2D eigenvalue weighted by molar-refractivity contribution is 5.85. The van der Waals surface area contributed by atoms with Crippen LogP contribution in [0.2, 0.25) is 0 Å². The summed E-state index contributed by atoms with van der Waals surface area (Å²) in [7, 11) is 0. The third kappa shape index (κ3) is 2.30. The van der Waals surface area contributed by atoms with E-state index in [0.717, 1.165) is 11.1 Å². The fourth-order valence-corrected chi connectivity index (χ4v) is 1.79. The predicted octanol–water partition coefficient (Wildman–Crippen LogP) is 2.13. The highest BCUT2D eigenvalue weighted by Gasteiger charge is 2.09. The average molecular weight is 230 g/mol. The molecule has 0 saturated heterocycles. The van der Waals surface area contributed by atoms with E-state index in [-0.39, 0.29) is 5.69 Å². The molecular weight excluding hydrogens is 216 g/mol. The van der Waals surface area contributed by atoms with Crippen molar-refractivity contribution in [3.05, 3.63) is 53.3 Å². The molecule has 0 aliphatic rings. The maximum absolute atomic E-state index is 11.0. The molecule has 0 unspecified atom stereocenters. The molecule has 0 aliphatic carbocycles. The molecule has 4 nitrogen and oxygen atoms in total. The normalized spacial score (nSPS) is 10.4. The van der Waals surface area contributed by atoms with Gasteiger partial charge in [-0.1, -0.05) is 12.1 Å². The molecule has 0 saturated carbocycles. The highest BCUT2D eigenvalue weighted by Crippen LogP contribution is 2.16. The van der Waals surface area contributed by atoms with Gasteiger partial charge in [-0.3, -0.25) is 0 Å². The first-order chi connectivity index (χ1) is 8.08. The third-order valence-electron chi connectivity index (χ3n) is 2.69. The number of benzene rings is 1. The van der Waals surface area contributed by atoms with Crippen LogP contribution < -0.4 is 5.73 Å². The van der Waals surface area contributed by atoms with Crippen molar-refractivity contribution in [3.63, 3.8) is 0 Å². The Bertz CT molecular complexity index is 558. The number of carboxylic acid groups (broad SMARTS) is 1. The quantitative estimate of drug-likeness (QED) is 0.793. The molecular formula is C13H14N2O2. The Hall–Kier alpha value is -2.23. The van der Waals surface area contributed by atoms with Crippen molar-refractivity contribution in [2.45, 2.75) is 13.5 Å². The lowest BCUT2D eigenvalue weighted by atomic mass is 10.1. The second-order valence-electron chi connectivity index (χ2n) is 4.03. The van der Waals surface area contributed by atoms with Crippen LogP contribution in [0.15, 0.2) is 36.5 Å². The molecule has 1 aromatic carbocycles. The molecule has 1 heterocycles. The van der Waals surface area contributed by atoms with Crippen LogP contribution in [-0.2, 0) is 6.54 Å². The molecule has 2 rings (SSSR count). The number of hydrogen-bond acceptors (Lipinski definition) is 2. The van der Waals surface area contributed by atoms with Gasteiger partial charge in [-0.15, -0.1) is 0 Å². The van der Waals surface area contributed by atoms with Crippen molar-refractivity contribution in [1.82, 2.24) is 4.57 Å². The lowest BCUT2D eigenvalue weighted by Gasteiger charge is -2.09. The van der Waals surface area contributed by atoms with Gasteiger partial charge in [-0.25, -0.2) is 4.79 Å². The maximum atomic E-state index is 11.0. The standard InChI is InChI=1S/C13H14N2O2/c1-9-4-5-10(11(14)7-9)8-15-6-2-3-12(15)13(16)17/h2-7H,8,14H2,1H3,(H,16,17). The van der Waals surface area contributed by atoms with E-state index in [9.17, 15) is 4.79 Å². The van der Waals surface area contributed by atoms with E-state index in [2.05, 4.69) is 0 Å². The molecule has 3 N–H and O–H groups in total. The van der Waals surface area contributed by atoms with Gasteiger partial charge in [-0.05, 0) is 36.2 Å². The van der Waals surface area contributed by atoms with Gasteiger partial charge >= 0.3 is 5.97 Å². The van der Waals surface area contributed by atoms with Gasteiger partial charge in [-0.2, -0.15) is 0 Å². The zero-order valence-electron chi connectivity index (χ0n) is 9.55. The summed E-state index contributed by atoms with van der Waals surface area (Å²) < 4.78 is 1.67. The van der Waals surface area contributed by atoms with Crippen molar-refractivity contribution < 1.29 is 9.90 Å². The van der Waals surface area contributed by atoms with Crippen molar-refractivity contribution >= 4 is 11.7 Å². The number of aromatic carboxylic acids is 1. The summed E-state index contributed by atoms with van der Waals surface area (Å²) in [5.41, 5.74) is 8.88. The number of aryl methyl sites for hydroxylation is 1. The number of carbonyl (C=O) groups is 1. The molecule has 0 aliphatic heterocycles. The van der Waals surface area contributed by atoms with E-state index in [4.69, 9.17) is 10.8 Å². The molecule has 2 aromatic rings. The molecule has 1 aromatic heterocycles. The smallest absolute Gasteiger partial charge is 0.352 e. The van der Waals surface area contributed by atoms with Gasteiger partial charge in [0, 0.05) is 18.4 Å². The minimum atomic E-state index is -0.930. The molecule has 0 fully saturated rings. The first-order valence-corrected chi connectivity index (χ1v) is 5.31.